The first-order chi connectivity index (χ1) is 13.1. The van der Waals surface area contributed by atoms with Gasteiger partial charge in [0, 0.05) is 38.6 Å². The minimum absolute atomic E-state index is 0.0781. The number of rotatable bonds is 3. The molecule has 2 aliphatic rings. The maximum atomic E-state index is 12.6. The molecule has 7 heteroatoms. The van der Waals surface area contributed by atoms with Gasteiger partial charge in [-0.25, -0.2) is 9.78 Å². The molecule has 2 heterocycles. The molecule has 1 spiro atoms. The molecule has 7 nitrogen and oxygen atoms in total. The average molecular weight is 386 g/mol. The molecule has 152 valence electrons. The van der Waals surface area contributed by atoms with Crippen LogP contribution in [0.1, 0.15) is 52.8 Å². The van der Waals surface area contributed by atoms with Gasteiger partial charge in [0.15, 0.2) is 0 Å². The van der Waals surface area contributed by atoms with Crippen LogP contribution in [0.4, 0.5) is 4.79 Å². The highest BCUT2D eigenvalue weighted by Crippen LogP contribution is 2.57. The third-order valence-corrected chi connectivity index (χ3v) is 5.66. The van der Waals surface area contributed by atoms with E-state index in [9.17, 15) is 9.59 Å². The molecule has 2 amide bonds. The van der Waals surface area contributed by atoms with Crippen LogP contribution in [0.25, 0.3) is 0 Å². The van der Waals surface area contributed by atoms with E-state index in [4.69, 9.17) is 4.74 Å². The van der Waals surface area contributed by atoms with Gasteiger partial charge in [-0.05, 0) is 58.3 Å². The Balaban J connectivity index is 1.65. The van der Waals surface area contributed by atoms with Crippen molar-refractivity contribution < 1.29 is 14.3 Å². The number of piperidine rings is 1. The van der Waals surface area contributed by atoms with Crippen molar-refractivity contribution in [2.24, 2.45) is 12.5 Å². The number of imidazole rings is 1. The van der Waals surface area contributed by atoms with Crippen LogP contribution in [0.5, 0.6) is 0 Å². The van der Waals surface area contributed by atoms with E-state index in [2.05, 4.69) is 16.8 Å². The summed E-state index contributed by atoms with van der Waals surface area (Å²) in [7, 11) is 1.93. The number of nitrogens with zero attached hydrogens (tertiary/aromatic N) is 4. The molecule has 2 fully saturated rings. The van der Waals surface area contributed by atoms with Crippen LogP contribution in [-0.4, -0.2) is 56.1 Å². The summed E-state index contributed by atoms with van der Waals surface area (Å²) in [6.45, 7) is 9.10. The van der Waals surface area contributed by atoms with Gasteiger partial charge in [-0.15, -0.1) is 0 Å². The summed E-state index contributed by atoms with van der Waals surface area (Å²) in [6.07, 6.45) is 6.08. The highest BCUT2D eigenvalue weighted by atomic mass is 16.6. The molecule has 1 saturated carbocycles. The third kappa shape index (κ3) is 4.32. The second-order valence-electron chi connectivity index (χ2n) is 8.81. The molecule has 1 unspecified atom stereocenters. The first-order valence-corrected chi connectivity index (χ1v) is 9.83. The molecule has 1 aromatic heterocycles. The molecular weight excluding hydrogens is 356 g/mol. The van der Waals surface area contributed by atoms with E-state index in [1.54, 1.807) is 18.0 Å². The zero-order valence-corrected chi connectivity index (χ0v) is 17.5. The molecule has 28 heavy (non-hydrogen) atoms. The number of aryl methyl sites for hydroxylation is 1. The Morgan fingerprint density at radius 1 is 1.36 bits per heavy atom. The Hall–Kier alpha value is -2.49. The topological polar surface area (TPSA) is 67.7 Å². The predicted molar refractivity (Wildman–Crippen MR) is 105 cm³/mol. The monoisotopic (exact) mass is 386 g/mol. The summed E-state index contributed by atoms with van der Waals surface area (Å²) < 4.78 is 7.42. The highest BCUT2D eigenvalue weighted by Gasteiger charge is 2.59. The quantitative estimate of drug-likeness (QED) is 0.749. The van der Waals surface area contributed by atoms with Gasteiger partial charge < -0.3 is 19.1 Å². The van der Waals surface area contributed by atoms with Crippen LogP contribution in [-0.2, 0) is 23.1 Å². The number of hydrogen-bond acceptors (Lipinski definition) is 4. The second kappa shape index (κ2) is 7.50. The van der Waals surface area contributed by atoms with Crippen molar-refractivity contribution in [2.45, 2.75) is 65.1 Å². The van der Waals surface area contributed by atoms with Crippen LogP contribution in [0.3, 0.4) is 0 Å². The first-order valence-electron chi connectivity index (χ1n) is 9.83. The van der Waals surface area contributed by atoms with Crippen molar-refractivity contribution in [1.82, 2.24) is 19.4 Å². The SMILES string of the molecule is CC#CC(=O)N(Cc1nccn1C)C1CC12CCN(C(=O)OC(C)(C)C)CC2. The molecular formula is C21H30N4O3. The zero-order valence-electron chi connectivity index (χ0n) is 17.5. The summed E-state index contributed by atoms with van der Waals surface area (Å²) >= 11 is 0. The van der Waals surface area contributed by atoms with E-state index in [1.165, 1.54) is 0 Å². The van der Waals surface area contributed by atoms with Crippen LogP contribution in [0.2, 0.25) is 0 Å². The van der Waals surface area contributed by atoms with Gasteiger partial charge in [0.2, 0.25) is 0 Å². The number of amides is 2. The molecule has 0 aromatic carbocycles. The van der Waals surface area contributed by atoms with Crippen molar-refractivity contribution in [3.63, 3.8) is 0 Å². The van der Waals surface area contributed by atoms with E-state index < -0.39 is 5.60 Å². The summed E-state index contributed by atoms with van der Waals surface area (Å²) in [5.41, 5.74) is -0.410. The fourth-order valence-corrected chi connectivity index (χ4v) is 3.97. The lowest BCUT2D eigenvalue weighted by atomic mass is 9.92. The summed E-state index contributed by atoms with van der Waals surface area (Å²) in [6, 6.07) is 0.151. The molecule has 0 radical (unpaired) electrons. The van der Waals surface area contributed by atoms with Gasteiger partial charge in [0.1, 0.15) is 11.4 Å². The fraction of sp³-hybridized carbons (Fsp3) is 0.667. The number of hydrogen-bond donors (Lipinski definition) is 0. The number of ether oxygens (including phenoxy) is 1. The van der Waals surface area contributed by atoms with Gasteiger partial charge in [-0.3, -0.25) is 4.79 Å². The Morgan fingerprint density at radius 3 is 2.57 bits per heavy atom. The Labute approximate surface area is 167 Å². The second-order valence-corrected chi connectivity index (χ2v) is 8.81. The number of carbonyl (C=O) groups is 2. The molecule has 0 N–H and O–H groups in total. The van der Waals surface area contributed by atoms with E-state index in [0.717, 1.165) is 25.1 Å². The lowest BCUT2D eigenvalue weighted by Crippen LogP contribution is -2.44. The lowest BCUT2D eigenvalue weighted by molar-refractivity contribution is -0.127. The molecule has 1 saturated heterocycles. The van der Waals surface area contributed by atoms with Crippen LogP contribution in [0, 0.1) is 17.3 Å². The zero-order chi connectivity index (χ0) is 20.5. The smallest absolute Gasteiger partial charge is 0.410 e. The van der Waals surface area contributed by atoms with Crippen molar-refractivity contribution in [3.8, 4) is 11.8 Å². The number of carbonyl (C=O) groups excluding carboxylic acids is 2. The van der Waals surface area contributed by atoms with Gasteiger partial charge in [0.25, 0.3) is 5.91 Å². The third-order valence-electron chi connectivity index (χ3n) is 5.66. The molecule has 1 aliphatic carbocycles. The van der Waals surface area contributed by atoms with E-state index >= 15 is 0 Å². The van der Waals surface area contributed by atoms with Crippen molar-refractivity contribution in [3.05, 3.63) is 18.2 Å². The van der Waals surface area contributed by atoms with E-state index in [0.29, 0.717) is 19.6 Å². The van der Waals surface area contributed by atoms with E-state index in [1.807, 2.05) is 43.5 Å². The number of likely N-dealkylation sites (tertiary alicyclic amines) is 1. The Kier molecular flexibility index (Phi) is 5.42. The number of aromatic nitrogens is 2. The van der Waals surface area contributed by atoms with Crippen molar-refractivity contribution in [2.75, 3.05) is 13.1 Å². The van der Waals surface area contributed by atoms with Crippen LogP contribution in [0.15, 0.2) is 12.4 Å². The molecule has 0 bridgehead atoms. The van der Waals surface area contributed by atoms with Gasteiger partial charge in [-0.1, -0.05) is 5.92 Å². The predicted octanol–water partition coefficient (Wildman–Crippen LogP) is 2.56. The van der Waals surface area contributed by atoms with E-state index in [-0.39, 0.29) is 23.5 Å². The Morgan fingerprint density at radius 2 is 2.04 bits per heavy atom. The molecule has 3 rings (SSSR count). The average Bonchev–Trinajstić information content (AvgIpc) is 3.12. The molecule has 1 aromatic rings. The van der Waals surface area contributed by atoms with Crippen LogP contribution >= 0.6 is 0 Å². The maximum absolute atomic E-state index is 12.6. The van der Waals surface area contributed by atoms with Gasteiger partial charge in [0.05, 0.1) is 6.54 Å². The molecule has 1 atom stereocenters. The van der Waals surface area contributed by atoms with Gasteiger partial charge in [-0.2, -0.15) is 0 Å². The lowest BCUT2D eigenvalue weighted by Gasteiger charge is -2.35. The largest absolute Gasteiger partial charge is 0.444 e. The normalized spacial score (nSPS) is 20.3. The highest BCUT2D eigenvalue weighted by molar-refractivity contribution is 5.94. The summed E-state index contributed by atoms with van der Waals surface area (Å²) in [5.74, 6) is 6.11. The fourth-order valence-electron chi connectivity index (χ4n) is 3.97. The minimum Gasteiger partial charge on any atom is -0.444 e. The maximum Gasteiger partial charge on any atom is 0.410 e. The summed E-state index contributed by atoms with van der Waals surface area (Å²) in [4.78, 5) is 33.0. The van der Waals surface area contributed by atoms with Gasteiger partial charge >= 0.3 is 6.09 Å². The Bertz CT molecular complexity index is 804. The standard InChI is InChI=1S/C21H30N4O3/c1-6-7-18(26)25(15-17-22-10-13-23(17)5)16-14-21(16)8-11-24(12-9-21)19(27)28-20(2,3)4/h10,13,16H,8-9,11-12,14-15H2,1-5H3. The summed E-state index contributed by atoms with van der Waals surface area (Å²) in [5, 5.41) is 0. The van der Waals surface area contributed by atoms with Crippen molar-refractivity contribution >= 4 is 12.0 Å². The molecule has 1 aliphatic heterocycles. The minimum atomic E-state index is -0.488. The first kappa shape index (κ1) is 20.2. The van der Waals surface area contributed by atoms with Crippen LogP contribution < -0.4 is 0 Å². The van der Waals surface area contributed by atoms with Crippen molar-refractivity contribution in [1.29, 1.82) is 0 Å².